The van der Waals surface area contributed by atoms with Crippen LogP contribution in [0.1, 0.15) is 47.9 Å². The minimum atomic E-state index is -4.06. The second kappa shape index (κ2) is 7.34. The lowest BCUT2D eigenvalue weighted by Gasteiger charge is -2.20. The Balaban J connectivity index is 1.34. The molecule has 5 rings (SSSR count). The van der Waals surface area contributed by atoms with E-state index in [0.29, 0.717) is 0 Å². The predicted octanol–water partition coefficient (Wildman–Crippen LogP) is 2.42. The molecule has 0 spiro atoms. The van der Waals surface area contributed by atoms with Crippen LogP contribution in [0.25, 0.3) is 0 Å². The van der Waals surface area contributed by atoms with Crippen LogP contribution in [0.5, 0.6) is 0 Å². The van der Waals surface area contributed by atoms with Crippen molar-refractivity contribution < 1.29 is 13.2 Å². The summed E-state index contributed by atoms with van der Waals surface area (Å²) in [6.45, 7) is 0.798. The normalized spacial score (nSPS) is 18.7. The Morgan fingerprint density at radius 2 is 1.77 bits per heavy atom. The zero-order chi connectivity index (χ0) is 21.8. The van der Waals surface area contributed by atoms with E-state index in [-0.39, 0.29) is 10.6 Å². The molecule has 2 amide bonds. The van der Waals surface area contributed by atoms with Gasteiger partial charge in [0.1, 0.15) is 0 Å². The fraction of sp³-hybridized carbons (Fsp3) is 0.545. The zero-order valence-corrected chi connectivity index (χ0v) is 18.9. The van der Waals surface area contributed by atoms with Crippen LogP contribution >= 0.6 is 0 Å². The first kappa shape index (κ1) is 20.5. The fourth-order valence-electron chi connectivity index (χ4n) is 5.19. The molecule has 0 atom stereocenters. The van der Waals surface area contributed by atoms with Crippen molar-refractivity contribution in [2.45, 2.75) is 61.9 Å². The number of fused-ring (bicyclic) bond motifs is 2. The number of aryl methyl sites for hydroxylation is 2. The monoisotopic (exact) mass is 443 g/mol. The Bertz CT molecular complexity index is 1120. The van der Waals surface area contributed by atoms with Crippen molar-refractivity contribution >= 4 is 21.7 Å². The first-order chi connectivity index (χ1) is 14.8. The smallest absolute Gasteiger partial charge is 0.307 e. The molecule has 1 fully saturated rings. The Labute approximate surface area is 183 Å². The van der Waals surface area contributed by atoms with Gasteiger partial charge in [0.25, 0.3) is 10.0 Å². The summed E-state index contributed by atoms with van der Waals surface area (Å²) in [4.78, 5) is 14.8. The number of rotatable bonds is 6. The first-order valence-corrected chi connectivity index (χ1v) is 12.5. The van der Waals surface area contributed by atoms with Crippen LogP contribution in [0.3, 0.4) is 0 Å². The standard InChI is InChI=1S/C22H29N5O3S/c1-26(2)14-22(10-11-22)27-12-9-19(24-27)31(29,30)25-21(28)23-20-17-7-3-5-15(17)13-16-6-4-8-18(16)20/h9,12-13H,3-8,10-11,14H2,1-2H3,(H2,23,25,28). The number of hydrogen-bond acceptors (Lipinski definition) is 5. The molecule has 0 radical (unpaired) electrons. The number of benzene rings is 1. The number of sulfonamides is 1. The zero-order valence-electron chi connectivity index (χ0n) is 18.1. The molecule has 0 bridgehead atoms. The van der Waals surface area contributed by atoms with E-state index in [2.05, 4.69) is 26.1 Å². The van der Waals surface area contributed by atoms with Crippen LogP contribution in [-0.4, -0.2) is 49.8 Å². The van der Waals surface area contributed by atoms with Gasteiger partial charge in [-0.2, -0.15) is 13.5 Å². The van der Waals surface area contributed by atoms with Crippen molar-refractivity contribution in [3.05, 3.63) is 40.6 Å². The summed E-state index contributed by atoms with van der Waals surface area (Å²) in [5, 5.41) is 7.05. The maximum atomic E-state index is 12.8. The molecule has 1 heterocycles. The van der Waals surface area contributed by atoms with Crippen molar-refractivity contribution in [2.24, 2.45) is 0 Å². The molecular formula is C22H29N5O3S. The van der Waals surface area contributed by atoms with E-state index >= 15 is 0 Å². The number of carbonyl (C=O) groups is 1. The number of nitrogens with zero attached hydrogens (tertiary/aromatic N) is 3. The van der Waals surface area contributed by atoms with Gasteiger partial charge in [0.15, 0.2) is 5.03 Å². The molecule has 166 valence electrons. The molecule has 1 aromatic heterocycles. The van der Waals surface area contributed by atoms with Gasteiger partial charge >= 0.3 is 6.03 Å². The number of anilines is 1. The maximum absolute atomic E-state index is 12.8. The summed E-state index contributed by atoms with van der Waals surface area (Å²) in [5.74, 6) is 0. The average molecular weight is 444 g/mol. The van der Waals surface area contributed by atoms with Crippen molar-refractivity contribution in [3.8, 4) is 0 Å². The summed E-state index contributed by atoms with van der Waals surface area (Å²) in [7, 11) is -0.0749. The van der Waals surface area contributed by atoms with Crippen LogP contribution < -0.4 is 10.0 Å². The van der Waals surface area contributed by atoms with E-state index in [1.54, 1.807) is 10.9 Å². The van der Waals surface area contributed by atoms with E-state index in [1.165, 1.54) is 17.2 Å². The van der Waals surface area contributed by atoms with Gasteiger partial charge in [-0.25, -0.2) is 9.52 Å². The molecule has 0 unspecified atom stereocenters. The SMILES string of the molecule is CN(C)CC1(n2ccc(S(=O)(=O)NC(=O)Nc3c4c(cc5c3CCC5)CCC4)n2)CC1. The molecule has 3 aliphatic carbocycles. The lowest BCUT2D eigenvalue weighted by Crippen LogP contribution is -2.36. The molecule has 2 aromatic rings. The van der Waals surface area contributed by atoms with Crippen molar-refractivity contribution in [3.63, 3.8) is 0 Å². The highest BCUT2D eigenvalue weighted by atomic mass is 32.2. The topological polar surface area (TPSA) is 96.3 Å². The number of likely N-dealkylation sites (N-methyl/N-ethyl adjacent to an activating group) is 1. The Morgan fingerprint density at radius 1 is 1.13 bits per heavy atom. The van der Waals surface area contributed by atoms with E-state index in [1.807, 2.05) is 14.1 Å². The van der Waals surface area contributed by atoms with E-state index in [0.717, 1.165) is 74.7 Å². The highest BCUT2D eigenvalue weighted by molar-refractivity contribution is 7.90. The molecule has 31 heavy (non-hydrogen) atoms. The summed E-state index contributed by atoms with van der Waals surface area (Å²) < 4.78 is 29.5. The number of amides is 2. The second-order valence-corrected chi connectivity index (χ2v) is 11.0. The van der Waals surface area contributed by atoms with Gasteiger partial charge in [-0.3, -0.25) is 4.68 Å². The Morgan fingerprint density at radius 3 is 2.35 bits per heavy atom. The molecule has 0 aliphatic heterocycles. The molecular weight excluding hydrogens is 414 g/mol. The molecule has 3 aliphatic rings. The molecule has 9 heteroatoms. The number of nitrogens with one attached hydrogen (secondary N) is 2. The molecule has 8 nitrogen and oxygen atoms in total. The van der Waals surface area contributed by atoms with Crippen LogP contribution in [0, 0.1) is 0 Å². The third kappa shape index (κ3) is 3.74. The highest BCUT2D eigenvalue weighted by Gasteiger charge is 2.46. The lowest BCUT2D eigenvalue weighted by atomic mass is 9.99. The molecule has 1 saturated carbocycles. The van der Waals surface area contributed by atoms with Crippen LogP contribution in [0.2, 0.25) is 0 Å². The quantitative estimate of drug-likeness (QED) is 0.715. The van der Waals surface area contributed by atoms with Crippen LogP contribution in [-0.2, 0) is 41.2 Å². The minimum absolute atomic E-state index is 0.129. The van der Waals surface area contributed by atoms with Crippen LogP contribution in [0.4, 0.5) is 10.5 Å². The fourth-order valence-corrected chi connectivity index (χ4v) is 6.02. The van der Waals surface area contributed by atoms with Crippen molar-refractivity contribution in [1.82, 2.24) is 19.4 Å². The van der Waals surface area contributed by atoms with E-state index in [4.69, 9.17) is 0 Å². The third-order valence-corrected chi connectivity index (χ3v) is 7.92. The summed E-state index contributed by atoms with van der Waals surface area (Å²) in [6, 6.07) is 3.01. The summed E-state index contributed by atoms with van der Waals surface area (Å²) in [5.41, 5.74) is 5.57. The van der Waals surface area contributed by atoms with Gasteiger partial charge in [-0.15, -0.1) is 0 Å². The Hall–Kier alpha value is -2.39. The lowest BCUT2D eigenvalue weighted by molar-refractivity contribution is 0.256. The average Bonchev–Trinajstić information content (AvgIpc) is 3.16. The highest BCUT2D eigenvalue weighted by Crippen LogP contribution is 2.43. The number of urea groups is 1. The van der Waals surface area contributed by atoms with Gasteiger partial charge in [0.05, 0.1) is 5.54 Å². The number of carbonyl (C=O) groups excluding carboxylic acids is 1. The largest absolute Gasteiger partial charge is 0.333 e. The summed E-state index contributed by atoms with van der Waals surface area (Å²) in [6.07, 6.45) is 9.63. The van der Waals surface area contributed by atoms with E-state index < -0.39 is 16.1 Å². The van der Waals surface area contributed by atoms with Gasteiger partial charge < -0.3 is 10.2 Å². The van der Waals surface area contributed by atoms with Gasteiger partial charge in [0.2, 0.25) is 0 Å². The first-order valence-electron chi connectivity index (χ1n) is 11.0. The van der Waals surface area contributed by atoms with Gasteiger partial charge in [-0.05, 0) is 93.8 Å². The predicted molar refractivity (Wildman–Crippen MR) is 118 cm³/mol. The Kier molecular flexibility index (Phi) is 4.86. The van der Waals surface area contributed by atoms with Gasteiger partial charge in [-0.1, -0.05) is 6.07 Å². The molecule has 0 saturated heterocycles. The molecule has 2 N–H and O–H groups in total. The van der Waals surface area contributed by atoms with E-state index in [9.17, 15) is 13.2 Å². The van der Waals surface area contributed by atoms with Crippen LogP contribution in [0.15, 0.2) is 23.4 Å². The minimum Gasteiger partial charge on any atom is -0.307 e. The van der Waals surface area contributed by atoms with Gasteiger partial charge in [0, 0.05) is 18.4 Å². The molecule has 1 aromatic carbocycles. The number of aromatic nitrogens is 2. The number of hydrogen-bond donors (Lipinski definition) is 2. The second-order valence-electron chi connectivity index (χ2n) is 9.35. The third-order valence-electron chi connectivity index (χ3n) is 6.70. The van der Waals surface area contributed by atoms with Crippen molar-refractivity contribution in [1.29, 1.82) is 0 Å². The van der Waals surface area contributed by atoms with Crippen molar-refractivity contribution in [2.75, 3.05) is 26.0 Å². The maximum Gasteiger partial charge on any atom is 0.333 e. The summed E-state index contributed by atoms with van der Waals surface area (Å²) >= 11 is 0.